The zero-order chi connectivity index (χ0) is 15.4. The standard InChI is InChI=1S/C15H9Cl2FO3/c16-11-3-2-10(6-12(11)17)14(20)8-21-15-4-1-9(7-19)5-13(15)18/h1-7H,8H2. The Balaban J connectivity index is 2.07. The number of carbonyl (C=O) groups excluding carboxylic acids is 2. The van der Waals surface area contributed by atoms with Crippen LogP contribution in [-0.2, 0) is 0 Å². The minimum absolute atomic E-state index is 0.103. The van der Waals surface area contributed by atoms with Crippen LogP contribution < -0.4 is 4.74 Å². The van der Waals surface area contributed by atoms with Gasteiger partial charge >= 0.3 is 0 Å². The van der Waals surface area contributed by atoms with Gasteiger partial charge in [-0.15, -0.1) is 0 Å². The smallest absolute Gasteiger partial charge is 0.200 e. The SMILES string of the molecule is O=Cc1ccc(OCC(=O)c2ccc(Cl)c(Cl)c2)c(F)c1. The molecule has 0 aromatic heterocycles. The Labute approximate surface area is 130 Å². The first-order valence-corrected chi connectivity index (χ1v) is 6.62. The minimum Gasteiger partial charge on any atom is -0.482 e. The molecule has 0 aliphatic carbocycles. The molecule has 21 heavy (non-hydrogen) atoms. The fourth-order valence-electron chi connectivity index (χ4n) is 1.60. The third kappa shape index (κ3) is 3.80. The summed E-state index contributed by atoms with van der Waals surface area (Å²) in [7, 11) is 0. The molecule has 0 radical (unpaired) electrons. The summed E-state index contributed by atoms with van der Waals surface area (Å²) >= 11 is 11.6. The summed E-state index contributed by atoms with van der Waals surface area (Å²) in [6.07, 6.45) is 0.522. The number of benzene rings is 2. The van der Waals surface area contributed by atoms with E-state index in [1.54, 1.807) is 0 Å². The summed E-state index contributed by atoms with van der Waals surface area (Å²) in [5, 5.41) is 0.591. The number of carbonyl (C=O) groups is 2. The first kappa shape index (κ1) is 15.5. The number of aldehydes is 1. The molecule has 0 bridgehead atoms. The van der Waals surface area contributed by atoms with Crippen molar-refractivity contribution in [1.82, 2.24) is 0 Å². The van der Waals surface area contributed by atoms with Gasteiger partial charge in [-0.25, -0.2) is 4.39 Å². The molecule has 0 heterocycles. The van der Waals surface area contributed by atoms with Gasteiger partial charge in [0.2, 0.25) is 0 Å². The van der Waals surface area contributed by atoms with E-state index in [4.69, 9.17) is 27.9 Å². The van der Waals surface area contributed by atoms with Gasteiger partial charge in [0, 0.05) is 11.1 Å². The topological polar surface area (TPSA) is 43.4 Å². The van der Waals surface area contributed by atoms with Gasteiger partial charge in [-0.3, -0.25) is 9.59 Å². The van der Waals surface area contributed by atoms with Gasteiger partial charge in [0.15, 0.2) is 24.0 Å². The molecule has 0 amide bonds. The average Bonchev–Trinajstić information content (AvgIpc) is 2.48. The molecule has 0 aliphatic heterocycles. The highest BCUT2D eigenvalue weighted by molar-refractivity contribution is 6.42. The van der Waals surface area contributed by atoms with E-state index in [1.165, 1.54) is 30.3 Å². The lowest BCUT2D eigenvalue weighted by atomic mass is 10.1. The summed E-state index contributed by atoms with van der Waals surface area (Å²) in [5.41, 5.74) is 0.505. The van der Waals surface area contributed by atoms with Crippen molar-refractivity contribution >= 4 is 35.3 Å². The van der Waals surface area contributed by atoms with E-state index in [2.05, 4.69) is 0 Å². The van der Waals surface area contributed by atoms with Crippen LogP contribution >= 0.6 is 23.2 Å². The molecule has 0 atom stereocenters. The van der Waals surface area contributed by atoms with Crippen molar-refractivity contribution in [2.75, 3.05) is 6.61 Å². The summed E-state index contributed by atoms with van der Waals surface area (Å²) in [6, 6.07) is 8.14. The van der Waals surface area contributed by atoms with E-state index < -0.39 is 5.82 Å². The highest BCUT2D eigenvalue weighted by Crippen LogP contribution is 2.23. The normalized spacial score (nSPS) is 10.2. The Morgan fingerprint density at radius 2 is 1.90 bits per heavy atom. The summed E-state index contributed by atoms with van der Waals surface area (Å²) < 4.78 is 18.7. The molecule has 6 heteroatoms. The lowest BCUT2D eigenvalue weighted by Gasteiger charge is -2.07. The largest absolute Gasteiger partial charge is 0.482 e. The summed E-state index contributed by atoms with van der Waals surface area (Å²) in [5.74, 6) is -1.18. The molecule has 0 unspecified atom stereocenters. The molecule has 0 aliphatic rings. The lowest BCUT2D eigenvalue weighted by molar-refractivity contribution is 0.0918. The maximum absolute atomic E-state index is 13.6. The number of ether oxygens (including phenoxy) is 1. The van der Waals surface area contributed by atoms with Gasteiger partial charge < -0.3 is 4.74 Å². The fourth-order valence-corrected chi connectivity index (χ4v) is 1.90. The molecule has 0 saturated carbocycles. The van der Waals surface area contributed by atoms with Gasteiger partial charge in [-0.2, -0.15) is 0 Å². The van der Waals surface area contributed by atoms with Gasteiger partial charge in [0.25, 0.3) is 0 Å². The van der Waals surface area contributed by atoms with Crippen molar-refractivity contribution in [3.05, 3.63) is 63.4 Å². The zero-order valence-electron chi connectivity index (χ0n) is 10.6. The molecule has 0 N–H and O–H groups in total. The highest BCUT2D eigenvalue weighted by atomic mass is 35.5. The van der Waals surface area contributed by atoms with Gasteiger partial charge in [-0.1, -0.05) is 23.2 Å². The molecular formula is C15H9Cl2FO3. The molecular weight excluding hydrogens is 318 g/mol. The molecule has 0 saturated heterocycles. The van der Waals surface area contributed by atoms with Crippen molar-refractivity contribution in [2.45, 2.75) is 0 Å². The van der Waals surface area contributed by atoms with E-state index in [1.807, 2.05) is 0 Å². The van der Waals surface area contributed by atoms with Crippen LogP contribution in [0.1, 0.15) is 20.7 Å². The summed E-state index contributed by atoms with van der Waals surface area (Å²) in [4.78, 5) is 22.4. The van der Waals surface area contributed by atoms with E-state index in [9.17, 15) is 14.0 Å². The molecule has 3 nitrogen and oxygen atoms in total. The van der Waals surface area contributed by atoms with Crippen LogP contribution in [0, 0.1) is 5.82 Å². The Hall–Kier alpha value is -1.91. The second-order valence-corrected chi connectivity index (χ2v) is 4.96. The Morgan fingerprint density at radius 1 is 1.14 bits per heavy atom. The fraction of sp³-hybridized carbons (Fsp3) is 0.0667. The third-order valence-corrected chi connectivity index (χ3v) is 3.43. The van der Waals surface area contributed by atoms with Crippen LogP contribution in [0.4, 0.5) is 4.39 Å². The van der Waals surface area contributed by atoms with Gasteiger partial charge in [-0.05, 0) is 36.4 Å². The van der Waals surface area contributed by atoms with Crippen LogP contribution in [0.3, 0.4) is 0 Å². The van der Waals surface area contributed by atoms with Crippen LogP contribution in [0.15, 0.2) is 36.4 Å². The molecule has 0 fully saturated rings. The highest BCUT2D eigenvalue weighted by Gasteiger charge is 2.11. The number of ketones is 1. The van der Waals surface area contributed by atoms with Crippen molar-refractivity contribution in [3.63, 3.8) is 0 Å². The number of rotatable bonds is 5. The van der Waals surface area contributed by atoms with Gasteiger partial charge in [0.1, 0.15) is 6.29 Å². The molecule has 108 valence electrons. The second-order valence-electron chi connectivity index (χ2n) is 4.15. The van der Waals surface area contributed by atoms with E-state index in [0.717, 1.165) is 6.07 Å². The number of hydrogen-bond acceptors (Lipinski definition) is 3. The average molecular weight is 327 g/mol. The second kappa shape index (κ2) is 6.70. The maximum Gasteiger partial charge on any atom is 0.200 e. The number of hydrogen-bond donors (Lipinski definition) is 0. The quantitative estimate of drug-likeness (QED) is 0.610. The zero-order valence-corrected chi connectivity index (χ0v) is 12.1. The predicted octanol–water partition coefficient (Wildman–Crippen LogP) is 4.21. The number of halogens is 3. The van der Waals surface area contributed by atoms with Gasteiger partial charge in [0.05, 0.1) is 10.0 Å². The third-order valence-electron chi connectivity index (χ3n) is 2.69. The van der Waals surface area contributed by atoms with Crippen LogP contribution in [-0.4, -0.2) is 18.7 Å². The van der Waals surface area contributed by atoms with Crippen molar-refractivity contribution in [3.8, 4) is 5.75 Å². The summed E-state index contributed by atoms with van der Waals surface area (Å²) in [6.45, 7) is -0.352. The predicted molar refractivity (Wildman–Crippen MR) is 78.1 cm³/mol. The number of Topliss-reactive ketones (excluding diaryl/α,β-unsaturated/α-hetero) is 1. The van der Waals surface area contributed by atoms with Crippen molar-refractivity contribution in [2.24, 2.45) is 0 Å². The minimum atomic E-state index is -0.707. The molecule has 2 aromatic carbocycles. The van der Waals surface area contributed by atoms with E-state index in [-0.39, 0.29) is 28.7 Å². The van der Waals surface area contributed by atoms with E-state index >= 15 is 0 Å². The monoisotopic (exact) mass is 326 g/mol. The first-order valence-electron chi connectivity index (χ1n) is 5.87. The van der Waals surface area contributed by atoms with Crippen molar-refractivity contribution in [1.29, 1.82) is 0 Å². The van der Waals surface area contributed by atoms with E-state index in [0.29, 0.717) is 16.9 Å². The maximum atomic E-state index is 13.6. The first-order chi connectivity index (χ1) is 10.0. The molecule has 2 aromatic rings. The Bertz CT molecular complexity index is 701. The lowest BCUT2D eigenvalue weighted by Crippen LogP contribution is -2.12. The molecule has 2 rings (SSSR count). The van der Waals surface area contributed by atoms with Crippen LogP contribution in [0.2, 0.25) is 10.0 Å². The Morgan fingerprint density at radius 3 is 2.52 bits per heavy atom. The Kier molecular flexibility index (Phi) is 4.94. The van der Waals surface area contributed by atoms with Crippen LogP contribution in [0.25, 0.3) is 0 Å². The molecule has 0 spiro atoms. The van der Waals surface area contributed by atoms with Crippen LogP contribution in [0.5, 0.6) is 5.75 Å². The van der Waals surface area contributed by atoms with Crippen molar-refractivity contribution < 1.29 is 18.7 Å².